The fourth-order valence-corrected chi connectivity index (χ4v) is 7.01. The Balaban J connectivity index is 1.21. The van der Waals surface area contributed by atoms with E-state index in [1.807, 2.05) is 24.5 Å². The molecule has 0 saturated carbocycles. The van der Waals surface area contributed by atoms with Crippen LogP contribution >= 0.6 is 0 Å². The number of hydrogen-bond donors (Lipinski definition) is 2. The predicted molar refractivity (Wildman–Crippen MR) is 148 cm³/mol. The van der Waals surface area contributed by atoms with Gasteiger partial charge >= 0.3 is 0 Å². The third kappa shape index (κ3) is 5.04. The molecule has 0 bridgehead atoms. The minimum atomic E-state index is -2.84. The topological polar surface area (TPSA) is 91.0 Å². The molecule has 6 rings (SSSR count). The molecule has 1 saturated heterocycles. The lowest BCUT2D eigenvalue weighted by atomic mass is 9.95. The number of aryl methyl sites for hydroxylation is 1. The first kappa shape index (κ1) is 23.9. The number of rotatable bonds is 5. The molecule has 2 aromatic carbocycles. The van der Waals surface area contributed by atoms with Crippen molar-refractivity contribution < 1.29 is 8.42 Å². The van der Waals surface area contributed by atoms with Gasteiger partial charge < -0.3 is 10.3 Å². The fourth-order valence-electron chi connectivity index (χ4n) is 5.54. The van der Waals surface area contributed by atoms with E-state index in [0.29, 0.717) is 17.5 Å². The summed E-state index contributed by atoms with van der Waals surface area (Å²) in [6.07, 6.45) is 7.90. The molecule has 2 aliphatic heterocycles. The van der Waals surface area contributed by atoms with E-state index in [0.717, 1.165) is 71.9 Å². The number of H-pyrrole nitrogens is 1. The number of fused-ring (bicyclic) bond motifs is 1. The monoisotopic (exact) mass is 513 g/mol. The number of anilines is 2. The summed E-state index contributed by atoms with van der Waals surface area (Å²) in [5.74, 6) is 1.47. The van der Waals surface area contributed by atoms with Crippen LogP contribution in [0.1, 0.15) is 29.5 Å². The van der Waals surface area contributed by atoms with Crippen molar-refractivity contribution in [1.29, 1.82) is 0 Å². The molecule has 0 atom stereocenters. The Kier molecular flexibility index (Phi) is 6.30. The Labute approximate surface area is 217 Å². The summed E-state index contributed by atoms with van der Waals surface area (Å²) in [6, 6.07) is 17.1. The lowest BCUT2D eigenvalue weighted by Gasteiger charge is -2.38. The molecule has 2 aliphatic rings. The van der Waals surface area contributed by atoms with Crippen LogP contribution in [-0.4, -0.2) is 52.4 Å². The Bertz CT molecular complexity index is 1520. The van der Waals surface area contributed by atoms with Crippen molar-refractivity contribution in [2.75, 3.05) is 23.4 Å². The number of nitrogens with one attached hydrogen (secondary N) is 2. The van der Waals surface area contributed by atoms with Gasteiger partial charge in [-0.15, -0.1) is 0 Å². The van der Waals surface area contributed by atoms with Gasteiger partial charge in [0, 0.05) is 54.0 Å². The summed E-state index contributed by atoms with van der Waals surface area (Å²) in [4.78, 5) is 14.8. The molecule has 0 radical (unpaired) electrons. The maximum Gasteiger partial charge on any atom is 0.150 e. The Morgan fingerprint density at radius 3 is 2.73 bits per heavy atom. The van der Waals surface area contributed by atoms with Crippen LogP contribution < -0.4 is 5.32 Å². The largest absolute Gasteiger partial charge is 0.355 e. The van der Waals surface area contributed by atoms with Gasteiger partial charge in [0.2, 0.25) is 0 Å². The number of aromatic nitrogens is 3. The van der Waals surface area contributed by atoms with Crippen molar-refractivity contribution in [2.45, 2.75) is 38.8 Å². The van der Waals surface area contributed by atoms with Crippen molar-refractivity contribution in [3.63, 3.8) is 0 Å². The second-order valence-corrected chi connectivity index (χ2v) is 12.4. The lowest BCUT2D eigenvalue weighted by molar-refractivity contribution is 0.167. The number of benzene rings is 2. The highest BCUT2D eigenvalue weighted by Gasteiger charge is 2.30. The fraction of sp³-hybridized carbons (Fsp3) is 0.310. The van der Waals surface area contributed by atoms with Gasteiger partial charge in [-0.3, -0.25) is 9.88 Å². The van der Waals surface area contributed by atoms with Gasteiger partial charge in [0.15, 0.2) is 0 Å². The Hall–Kier alpha value is -3.49. The summed E-state index contributed by atoms with van der Waals surface area (Å²) in [5.41, 5.74) is 8.99. The highest BCUT2D eigenvalue weighted by molar-refractivity contribution is 7.91. The van der Waals surface area contributed by atoms with E-state index in [-0.39, 0.29) is 0 Å². The van der Waals surface area contributed by atoms with Crippen LogP contribution in [0.25, 0.3) is 22.6 Å². The van der Waals surface area contributed by atoms with Gasteiger partial charge in [0.1, 0.15) is 15.7 Å². The molecular weight excluding hydrogens is 482 g/mol. The van der Waals surface area contributed by atoms with Gasteiger partial charge in [-0.1, -0.05) is 18.2 Å². The summed E-state index contributed by atoms with van der Waals surface area (Å²) >= 11 is 0. The van der Waals surface area contributed by atoms with Crippen LogP contribution in [0.3, 0.4) is 0 Å². The van der Waals surface area contributed by atoms with Crippen molar-refractivity contribution in [1.82, 2.24) is 19.9 Å². The summed E-state index contributed by atoms with van der Waals surface area (Å²) in [6.45, 7) is 3.93. The summed E-state index contributed by atoms with van der Waals surface area (Å²) in [7, 11) is -2.84. The quantitative estimate of drug-likeness (QED) is 0.385. The molecule has 0 unspecified atom stereocenters. The normalized spacial score (nSPS) is 17.9. The molecule has 37 heavy (non-hydrogen) atoms. The lowest BCUT2D eigenvalue weighted by Crippen LogP contribution is -2.43. The van der Waals surface area contributed by atoms with E-state index in [4.69, 9.17) is 0 Å². The molecule has 8 heteroatoms. The number of imidazole rings is 1. The number of nitrogens with zero attached hydrogens (tertiary/aromatic N) is 3. The van der Waals surface area contributed by atoms with Crippen LogP contribution in [0, 0.1) is 6.92 Å². The molecule has 2 aromatic heterocycles. The van der Waals surface area contributed by atoms with E-state index in [9.17, 15) is 8.42 Å². The first-order valence-electron chi connectivity index (χ1n) is 12.8. The van der Waals surface area contributed by atoms with Crippen LogP contribution in [0.4, 0.5) is 11.4 Å². The van der Waals surface area contributed by atoms with E-state index in [1.165, 1.54) is 11.1 Å². The molecule has 0 amide bonds. The van der Waals surface area contributed by atoms with E-state index in [2.05, 4.69) is 68.5 Å². The van der Waals surface area contributed by atoms with Crippen molar-refractivity contribution in [2.24, 2.45) is 0 Å². The molecule has 7 nitrogen and oxygen atoms in total. The SMILES string of the molecule is Cc1ccc(Nc2cccc3c2CCN(C2CCS(=O)(=O)CC2)C3)cc1-c1ncc(-c2cccnc2)[nH]1. The van der Waals surface area contributed by atoms with Gasteiger partial charge in [0.05, 0.1) is 23.4 Å². The summed E-state index contributed by atoms with van der Waals surface area (Å²) < 4.78 is 23.7. The Morgan fingerprint density at radius 1 is 1.05 bits per heavy atom. The molecule has 4 heterocycles. The third-order valence-electron chi connectivity index (χ3n) is 7.66. The van der Waals surface area contributed by atoms with Crippen molar-refractivity contribution >= 4 is 21.2 Å². The van der Waals surface area contributed by atoms with E-state index < -0.39 is 9.84 Å². The van der Waals surface area contributed by atoms with Crippen LogP contribution in [0.15, 0.2) is 67.1 Å². The van der Waals surface area contributed by atoms with E-state index >= 15 is 0 Å². The molecule has 190 valence electrons. The summed E-state index contributed by atoms with van der Waals surface area (Å²) in [5, 5.41) is 3.66. The molecule has 1 fully saturated rings. The maximum atomic E-state index is 11.9. The van der Waals surface area contributed by atoms with Gasteiger partial charge in [0.25, 0.3) is 0 Å². The van der Waals surface area contributed by atoms with Gasteiger partial charge in [-0.25, -0.2) is 13.4 Å². The number of sulfone groups is 1. The standard InChI is InChI=1S/C29H31N5O2S/c1-20-7-8-23(16-26(20)29-31-18-28(33-29)21-5-3-12-30-17-21)32-27-6-2-4-22-19-34(13-9-25(22)27)24-10-14-37(35,36)15-11-24/h2-8,12,16-18,24,32H,9-11,13-15,19H2,1H3,(H,31,33). The molecule has 4 aromatic rings. The third-order valence-corrected chi connectivity index (χ3v) is 9.37. The van der Waals surface area contributed by atoms with Crippen LogP contribution in [-0.2, 0) is 22.8 Å². The maximum absolute atomic E-state index is 11.9. The zero-order valence-corrected chi connectivity index (χ0v) is 21.8. The predicted octanol–water partition coefficient (Wildman–Crippen LogP) is 5.13. The number of aromatic amines is 1. The van der Waals surface area contributed by atoms with Crippen LogP contribution in [0.5, 0.6) is 0 Å². The molecule has 0 spiro atoms. The average Bonchev–Trinajstić information content (AvgIpc) is 3.40. The van der Waals surface area contributed by atoms with Crippen molar-refractivity contribution in [3.05, 3.63) is 83.8 Å². The second kappa shape index (κ2) is 9.76. The number of hydrogen-bond acceptors (Lipinski definition) is 6. The first-order chi connectivity index (χ1) is 17.9. The first-order valence-corrected chi connectivity index (χ1v) is 14.7. The second-order valence-electron chi connectivity index (χ2n) is 10.1. The molecular formula is C29H31N5O2S. The Morgan fingerprint density at radius 2 is 1.92 bits per heavy atom. The van der Waals surface area contributed by atoms with Gasteiger partial charge in [-0.05, 0) is 73.2 Å². The highest BCUT2D eigenvalue weighted by atomic mass is 32.2. The number of pyridine rings is 1. The minimum Gasteiger partial charge on any atom is -0.355 e. The highest BCUT2D eigenvalue weighted by Crippen LogP contribution is 2.33. The zero-order chi connectivity index (χ0) is 25.4. The van der Waals surface area contributed by atoms with Crippen molar-refractivity contribution in [3.8, 4) is 22.6 Å². The molecule has 2 N–H and O–H groups in total. The molecule has 0 aliphatic carbocycles. The van der Waals surface area contributed by atoms with Crippen LogP contribution in [0.2, 0.25) is 0 Å². The van der Waals surface area contributed by atoms with E-state index in [1.54, 1.807) is 6.20 Å². The van der Waals surface area contributed by atoms with Gasteiger partial charge in [-0.2, -0.15) is 0 Å². The smallest absolute Gasteiger partial charge is 0.150 e. The minimum absolute atomic E-state index is 0.317. The average molecular weight is 514 g/mol. The zero-order valence-electron chi connectivity index (χ0n) is 20.9.